The highest BCUT2D eigenvalue weighted by Gasteiger charge is 2.21. The molecular formula is C13H19ClN4O. The van der Waals surface area contributed by atoms with E-state index in [4.69, 9.17) is 11.6 Å². The van der Waals surface area contributed by atoms with Gasteiger partial charge >= 0.3 is 0 Å². The molecule has 1 fully saturated rings. The number of rotatable bonds is 4. The number of hydrogen-bond donors (Lipinski definition) is 0. The highest BCUT2D eigenvalue weighted by molar-refractivity contribution is 6.32. The van der Waals surface area contributed by atoms with E-state index in [9.17, 15) is 4.79 Å². The fourth-order valence-electron chi connectivity index (χ4n) is 2.38. The Balaban J connectivity index is 2.05. The summed E-state index contributed by atoms with van der Waals surface area (Å²) in [6.07, 6.45) is 2.14. The summed E-state index contributed by atoms with van der Waals surface area (Å²) < 4.78 is 0. The molecule has 0 radical (unpaired) electrons. The number of nitrogens with zero attached hydrogens (tertiary/aromatic N) is 4. The van der Waals surface area contributed by atoms with Crippen molar-refractivity contribution in [1.82, 2.24) is 14.9 Å². The van der Waals surface area contributed by atoms with Crippen LogP contribution in [0.5, 0.6) is 0 Å². The summed E-state index contributed by atoms with van der Waals surface area (Å²) in [5.41, 5.74) is 0.390. The van der Waals surface area contributed by atoms with Crippen molar-refractivity contribution in [3.05, 3.63) is 17.0 Å². The van der Waals surface area contributed by atoms with Crippen molar-refractivity contribution >= 4 is 23.7 Å². The summed E-state index contributed by atoms with van der Waals surface area (Å²) in [5.74, 6) is 1.32. The summed E-state index contributed by atoms with van der Waals surface area (Å²) in [4.78, 5) is 23.7. The van der Waals surface area contributed by atoms with Gasteiger partial charge < -0.3 is 4.90 Å². The van der Waals surface area contributed by atoms with Crippen LogP contribution in [-0.4, -0.2) is 53.9 Å². The summed E-state index contributed by atoms with van der Waals surface area (Å²) in [7, 11) is 0. The molecule has 1 saturated heterocycles. The quantitative estimate of drug-likeness (QED) is 0.622. The molecule has 19 heavy (non-hydrogen) atoms. The van der Waals surface area contributed by atoms with Crippen LogP contribution in [0.2, 0.25) is 5.15 Å². The Hall–Kier alpha value is -1.20. The molecule has 0 N–H and O–H groups in total. The van der Waals surface area contributed by atoms with Gasteiger partial charge in [-0.2, -0.15) is 0 Å². The zero-order chi connectivity index (χ0) is 13.8. The minimum Gasteiger partial charge on any atom is -0.353 e. The highest BCUT2D eigenvalue weighted by Crippen LogP contribution is 2.22. The molecule has 0 unspecified atom stereocenters. The standard InChI is InChI=1S/C13H19ClN4O/c1-10(2)7-17-3-5-18(6-4-17)13-11(8-19)12(14)15-9-16-13/h8-10H,3-7H2,1-2H3. The number of aromatic nitrogens is 2. The summed E-state index contributed by atoms with van der Waals surface area (Å²) in [6.45, 7) is 9.25. The van der Waals surface area contributed by atoms with Crippen LogP contribution in [0.3, 0.4) is 0 Å². The van der Waals surface area contributed by atoms with E-state index in [1.165, 1.54) is 6.33 Å². The van der Waals surface area contributed by atoms with E-state index in [1.807, 2.05) is 0 Å². The molecule has 1 aliphatic rings. The molecule has 104 valence electrons. The molecule has 0 aromatic carbocycles. The first kappa shape index (κ1) is 14.2. The van der Waals surface area contributed by atoms with E-state index >= 15 is 0 Å². The zero-order valence-electron chi connectivity index (χ0n) is 11.3. The molecule has 6 heteroatoms. The van der Waals surface area contributed by atoms with Crippen LogP contribution in [0.4, 0.5) is 5.82 Å². The number of aldehydes is 1. The van der Waals surface area contributed by atoms with Crippen LogP contribution in [0.1, 0.15) is 24.2 Å². The molecule has 2 heterocycles. The molecular weight excluding hydrogens is 264 g/mol. The minimum atomic E-state index is 0.226. The van der Waals surface area contributed by atoms with Gasteiger partial charge in [0.15, 0.2) is 6.29 Å². The Kier molecular flexibility index (Phi) is 4.71. The molecule has 0 atom stereocenters. The van der Waals surface area contributed by atoms with Crippen molar-refractivity contribution in [2.24, 2.45) is 5.92 Å². The molecule has 2 rings (SSSR count). The normalized spacial score (nSPS) is 16.9. The van der Waals surface area contributed by atoms with Gasteiger partial charge in [-0.15, -0.1) is 0 Å². The topological polar surface area (TPSA) is 49.3 Å². The van der Waals surface area contributed by atoms with E-state index < -0.39 is 0 Å². The molecule has 0 amide bonds. The van der Waals surface area contributed by atoms with Crippen LogP contribution in [0.25, 0.3) is 0 Å². The summed E-state index contributed by atoms with van der Waals surface area (Å²) in [5, 5.41) is 0.226. The van der Waals surface area contributed by atoms with Crippen molar-refractivity contribution in [3.8, 4) is 0 Å². The first-order chi connectivity index (χ1) is 9.11. The molecule has 1 aromatic rings. The molecule has 0 bridgehead atoms. The number of piperazine rings is 1. The van der Waals surface area contributed by atoms with Gasteiger partial charge in [-0.1, -0.05) is 25.4 Å². The zero-order valence-corrected chi connectivity index (χ0v) is 12.1. The predicted molar refractivity (Wildman–Crippen MR) is 75.9 cm³/mol. The predicted octanol–water partition coefficient (Wildman–Crippen LogP) is 1.72. The third-order valence-corrected chi connectivity index (χ3v) is 3.53. The second-order valence-electron chi connectivity index (χ2n) is 5.20. The maximum atomic E-state index is 11.1. The van der Waals surface area contributed by atoms with Gasteiger partial charge in [-0.25, -0.2) is 9.97 Å². The number of carbonyl (C=O) groups excluding carboxylic acids is 1. The van der Waals surface area contributed by atoms with Crippen molar-refractivity contribution in [2.75, 3.05) is 37.6 Å². The Morgan fingerprint density at radius 3 is 2.58 bits per heavy atom. The first-order valence-corrected chi connectivity index (χ1v) is 6.92. The van der Waals surface area contributed by atoms with Gasteiger partial charge in [0.2, 0.25) is 0 Å². The maximum absolute atomic E-state index is 11.1. The number of hydrogen-bond acceptors (Lipinski definition) is 5. The lowest BCUT2D eigenvalue weighted by molar-refractivity contribution is 0.112. The lowest BCUT2D eigenvalue weighted by Crippen LogP contribution is -2.48. The monoisotopic (exact) mass is 282 g/mol. The lowest BCUT2D eigenvalue weighted by Gasteiger charge is -2.36. The van der Waals surface area contributed by atoms with Crippen LogP contribution in [0.15, 0.2) is 6.33 Å². The van der Waals surface area contributed by atoms with Gasteiger partial charge in [0.1, 0.15) is 17.3 Å². The van der Waals surface area contributed by atoms with E-state index in [-0.39, 0.29) is 5.15 Å². The second kappa shape index (κ2) is 6.30. The van der Waals surface area contributed by atoms with E-state index in [1.54, 1.807) is 0 Å². The maximum Gasteiger partial charge on any atom is 0.156 e. The summed E-state index contributed by atoms with van der Waals surface area (Å²) >= 11 is 5.93. The minimum absolute atomic E-state index is 0.226. The fourth-order valence-corrected chi connectivity index (χ4v) is 2.55. The molecule has 1 aliphatic heterocycles. The van der Waals surface area contributed by atoms with Crippen molar-refractivity contribution in [2.45, 2.75) is 13.8 Å². The Morgan fingerprint density at radius 1 is 1.32 bits per heavy atom. The van der Waals surface area contributed by atoms with Crippen molar-refractivity contribution in [3.63, 3.8) is 0 Å². The average Bonchev–Trinajstić information content (AvgIpc) is 2.38. The summed E-state index contributed by atoms with van der Waals surface area (Å²) in [6, 6.07) is 0. The molecule has 0 saturated carbocycles. The van der Waals surface area contributed by atoms with Crippen LogP contribution in [-0.2, 0) is 0 Å². The average molecular weight is 283 g/mol. The van der Waals surface area contributed by atoms with E-state index in [0.29, 0.717) is 17.3 Å². The van der Waals surface area contributed by atoms with Crippen molar-refractivity contribution < 1.29 is 4.79 Å². The Morgan fingerprint density at radius 2 is 2.00 bits per heavy atom. The van der Waals surface area contributed by atoms with Crippen molar-refractivity contribution in [1.29, 1.82) is 0 Å². The van der Waals surface area contributed by atoms with Gasteiger partial charge in [0.25, 0.3) is 0 Å². The number of carbonyl (C=O) groups is 1. The number of halogens is 1. The van der Waals surface area contributed by atoms with Crippen LogP contribution < -0.4 is 4.90 Å². The van der Waals surface area contributed by atoms with Gasteiger partial charge in [-0.05, 0) is 5.92 Å². The number of anilines is 1. The van der Waals surface area contributed by atoms with E-state index in [0.717, 1.165) is 39.0 Å². The molecule has 1 aromatic heterocycles. The smallest absolute Gasteiger partial charge is 0.156 e. The first-order valence-electron chi connectivity index (χ1n) is 6.54. The highest BCUT2D eigenvalue weighted by atomic mass is 35.5. The van der Waals surface area contributed by atoms with Gasteiger partial charge in [-0.3, -0.25) is 9.69 Å². The van der Waals surface area contributed by atoms with Gasteiger partial charge in [0, 0.05) is 32.7 Å². The van der Waals surface area contributed by atoms with Crippen LogP contribution >= 0.6 is 11.6 Å². The van der Waals surface area contributed by atoms with Gasteiger partial charge in [0.05, 0.1) is 5.56 Å². The SMILES string of the molecule is CC(C)CN1CCN(c2ncnc(Cl)c2C=O)CC1. The lowest BCUT2D eigenvalue weighted by atomic mass is 10.2. The largest absolute Gasteiger partial charge is 0.353 e. The third-order valence-electron chi connectivity index (χ3n) is 3.23. The van der Waals surface area contributed by atoms with E-state index in [2.05, 4.69) is 33.6 Å². The molecule has 0 aliphatic carbocycles. The van der Waals surface area contributed by atoms with Crippen LogP contribution in [0, 0.1) is 5.92 Å². The third kappa shape index (κ3) is 3.42. The fraction of sp³-hybridized carbons (Fsp3) is 0.615. The Bertz CT molecular complexity index is 444. The second-order valence-corrected chi connectivity index (χ2v) is 5.56. The molecule has 0 spiro atoms. The molecule has 5 nitrogen and oxygen atoms in total. The Labute approximate surface area is 118 Å².